The second-order valence-electron chi connectivity index (χ2n) is 5.50. The second-order valence-corrected chi connectivity index (χ2v) is 7.50. The molecule has 1 heterocycles. The molecule has 2 N–H and O–H groups in total. The number of hydrogen-bond acceptors (Lipinski definition) is 3. The number of halogens is 3. The Morgan fingerprint density at radius 1 is 1.20 bits per heavy atom. The molecule has 0 saturated heterocycles. The maximum Gasteiger partial charge on any atom is 0.161 e. The van der Waals surface area contributed by atoms with Crippen LogP contribution in [0.1, 0.15) is 26.5 Å². The lowest BCUT2D eigenvalue weighted by Crippen LogP contribution is -2.18. The van der Waals surface area contributed by atoms with Gasteiger partial charge < -0.3 is 5.73 Å². The summed E-state index contributed by atoms with van der Waals surface area (Å²) in [5, 5.41) is 0. The van der Waals surface area contributed by atoms with Crippen molar-refractivity contribution in [1.29, 1.82) is 0 Å². The van der Waals surface area contributed by atoms with Gasteiger partial charge in [0, 0.05) is 15.5 Å². The van der Waals surface area contributed by atoms with Crippen molar-refractivity contribution in [2.24, 2.45) is 0 Å². The molecule has 0 fully saturated rings. The molecule has 0 aliphatic rings. The Bertz CT molecular complexity index is 648. The summed E-state index contributed by atoms with van der Waals surface area (Å²) in [6.07, 6.45) is 0. The number of hydrogen-bond donors (Lipinski definition) is 1. The van der Waals surface area contributed by atoms with Crippen LogP contribution in [0.25, 0.3) is 11.4 Å². The molecule has 3 nitrogen and oxygen atoms in total. The molecule has 0 aliphatic heterocycles. The average molecular weight is 450 g/mol. The van der Waals surface area contributed by atoms with Crippen molar-refractivity contribution < 1.29 is 4.39 Å². The lowest BCUT2D eigenvalue weighted by Gasteiger charge is -2.21. The van der Waals surface area contributed by atoms with Gasteiger partial charge in [-0.05, 0) is 40.8 Å². The van der Waals surface area contributed by atoms with E-state index in [1.165, 1.54) is 12.1 Å². The van der Waals surface area contributed by atoms with Crippen LogP contribution < -0.4 is 5.73 Å². The number of rotatable bonds is 1. The Balaban J connectivity index is 2.67. The van der Waals surface area contributed by atoms with E-state index < -0.39 is 0 Å². The van der Waals surface area contributed by atoms with Crippen LogP contribution in [-0.4, -0.2) is 9.97 Å². The zero-order valence-corrected chi connectivity index (χ0v) is 15.1. The fourth-order valence-corrected chi connectivity index (χ4v) is 3.29. The standard InChI is InChI=1S/C14H14BrFIN3/c1-14(2,3)11-10(17)12(18)20-13(19-11)7-4-8(15)6-9(16)5-7/h4-6H,1-3H3,(H2,18,19,20). The summed E-state index contributed by atoms with van der Waals surface area (Å²) >= 11 is 5.42. The van der Waals surface area contributed by atoms with Gasteiger partial charge in [-0.3, -0.25) is 0 Å². The van der Waals surface area contributed by atoms with E-state index in [9.17, 15) is 4.39 Å². The van der Waals surface area contributed by atoms with Crippen molar-refractivity contribution in [1.82, 2.24) is 9.97 Å². The molecular weight excluding hydrogens is 436 g/mol. The fourth-order valence-electron chi connectivity index (χ4n) is 1.77. The second kappa shape index (κ2) is 5.55. The molecule has 106 valence electrons. The van der Waals surface area contributed by atoms with Gasteiger partial charge >= 0.3 is 0 Å². The molecule has 1 aromatic carbocycles. The first-order chi connectivity index (χ1) is 9.18. The van der Waals surface area contributed by atoms with Crippen LogP contribution in [0, 0.1) is 9.39 Å². The van der Waals surface area contributed by atoms with Crippen molar-refractivity contribution in [2.45, 2.75) is 26.2 Å². The van der Waals surface area contributed by atoms with Crippen molar-refractivity contribution in [3.05, 3.63) is 37.8 Å². The van der Waals surface area contributed by atoms with Gasteiger partial charge in [-0.2, -0.15) is 0 Å². The maximum absolute atomic E-state index is 13.5. The van der Waals surface area contributed by atoms with Crippen LogP contribution in [0.4, 0.5) is 10.2 Å². The number of benzene rings is 1. The van der Waals surface area contributed by atoms with Gasteiger partial charge in [0.05, 0.1) is 9.26 Å². The van der Waals surface area contributed by atoms with Crippen LogP contribution >= 0.6 is 38.5 Å². The maximum atomic E-state index is 13.5. The Morgan fingerprint density at radius 3 is 2.40 bits per heavy atom. The molecule has 0 radical (unpaired) electrons. The van der Waals surface area contributed by atoms with Gasteiger partial charge in [-0.1, -0.05) is 36.7 Å². The molecular formula is C14H14BrFIN3. The quantitative estimate of drug-likeness (QED) is 0.650. The Hall–Kier alpha value is -0.760. The molecule has 0 atom stereocenters. The minimum Gasteiger partial charge on any atom is -0.383 e. The van der Waals surface area contributed by atoms with Gasteiger partial charge in [0.1, 0.15) is 11.6 Å². The molecule has 0 aliphatic carbocycles. The molecule has 0 unspecified atom stereocenters. The zero-order chi connectivity index (χ0) is 15.1. The largest absolute Gasteiger partial charge is 0.383 e. The highest BCUT2D eigenvalue weighted by atomic mass is 127. The molecule has 0 saturated carbocycles. The SMILES string of the molecule is CC(C)(C)c1nc(-c2cc(F)cc(Br)c2)nc(N)c1I. The van der Waals surface area contributed by atoms with Crippen molar-refractivity contribution in [2.75, 3.05) is 5.73 Å². The molecule has 20 heavy (non-hydrogen) atoms. The molecule has 1 aromatic heterocycles. The zero-order valence-electron chi connectivity index (χ0n) is 11.3. The number of anilines is 1. The summed E-state index contributed by atoms with van der Waals surface area (Å²) < 4.78 is 15.0. The highest BCUT2D eigenvalue weighted by Crippen LogP contribution is 2.31. The Morgan fingerprint density at radius 2 is 1.85 bits per heavy atom. The summed E-state index contributed by atoms with van der Waals surface area (Å²) in [4.78, 5) is 8.84. The first-order valence-electron chi connectivity index (χ1n) is 5.98. The van der Waals surface area contributed by atoms with Crippen LogP contribution in [0.5, 0.6) is 0 Å². The van der Waals surface area contributed by atoms with E-state index in [4.69, 9.17) is 5.73 Å². The van der Waals surface area contributed by atoms with Gasteiger partial charge in [0.2, 0.25) is 0 Å². The minimum absolute atomic E-state index is 0.160. The lowest BCUT2D eigenvalue weighted by molar-refractivity contribution is 0.564. The van der Waals surface area contributed by atoms with E-state index in [1.54, 1.807) is 6.07 Å². The summed E-state index contributed by atoms with van der Waals surface area (Å²) in [7, 11) is 0. The first kappa shape index (κ1) is 15.6. The van der Waals surface area contributed by atoms with E-state index in [2.05, 4.69) is 69.3 Å². The first-order valence-corrected chi connectivity index (χ1v) is 7.85. The normalized spacial score (nSPS) is 11.7. The topological polar surface area (TPSA) is 51.8 Å². The smallest absolute Gasteiger partial charge is 0.161 e. The summed E-state index contributed by atoms with van der Waals surface area (Å²) in [6, 6.07) is 4.57. The minimum atomic E-state index is -0.340. The number of nitrogens with two attached hydrogens (primary N) is 1. The van der Waals surface area contributed by atoms with Crippen molar-refractivity contribution in [3.8, 4) is 11.4 Å². The lowest BCUT2D eigenvalue weighted by atomic mass is 9.92. The molecule has 0 spiro atoms. The monoisotopic (exact) mass is 449 g/mol. The van der Waals surface area contributed by atoms with Crippen LogP contribution in [-0.2, 0) is 5.41 Å². The number of nitrogens with zero attached hydrogens (tertiary/aromatic N) is 2. The number of nitrogen functional groups attached to an aromatic ring is 1. The third-order valence-corrected chi connectivity index (χ3v) is 4.23. The fraction of sp³-hybridized carbons (Fsp3) is 0.286. The Labute approximate surface area is 139 Å². The van der Waals surface area contributed by atoms with E-state index >= 15 is 0 Å². The summed E-state index contributed by atoms with van der Waals surface area (Å²) in [5.41, 5.74) is 7.27. The van der Waals surface area contributed by atoms with Crippen LogP contribution in [0.15, 0.2) is 22.7 Å². The van der Waals surface area contributed by atoms with E-state index in [1.807, 2.05) is 0 Å². The van der Waals surface area contributed by atoms with E-state index in [-0.39, 0.29) is 11.2 Å². The van der Waals surface area contributed by atoms with Gasteiger partial charge in [-0.15, -0.1) is 0 Å². The molecule has 2 rings (SSSR count). The van der Waals surface area contributed by atoms with Crippen LogP contribution in [0.3, 0.4) is 0 Å². The van der Waals surface area contributed by atoms with Crippen molar-refractivity contribution >= 4 is 44.3 Å². The Kier molecular flexibility index (Phi) is 4.34. The summed E-state index contributed by atoms with van der Waals surface area (Å²) in [6.45, 7) is 6.17. The van der Waals surface area contributed by atoms with Gasteiger partial charge in [0.15, 0.2) is 5.82 Å². The van der Waals surface area contributed by atoms with Crippen LogP contribution in [0.2, 0.25) is 0 Å². The van der Waals surface area contributed by atoms with Gasteiger partial charge in [-0.25, -0.2) is 14.4 Å². The molecule has 2 aromatic rings. The van der Waals surface area contributed by atoms with Crippen molar-refractivity contribution in [3.63, 3.8) is 0 Å². The van der Waals surface area contributed by atoms with E-state index in [0.29, 0.717) is 21.7 Å². The highest BCUT2D eigenvalue weighted by molar-refractivity contribution is 14.1. The third-order valence-electron chi connectivity index (χ3n) is 2.71. The molecule has 0 amide bonds. The number of aromatic nitrogens is 2. The average Bonchev–Trinajstić information content (AvgIpc) is 2.29. The highest BCUT2D eigenvalue weighted by Gasteiger charge is 2.22. The predicted molar refractivity (Wildman–Crippen MR) is 91.0 cm³/mol. The van der Waals surface area contributed by atoms with Gasteiger partial charge in [0.25, 0.3) is 0 Å². The molecule has 6 heteroatoms. The predicted octanol–water partition coefficient (Wildman–Crippen LogP) is 4.53. The summed E-state index contributed by atoms with van der Waals surface area (Å²) in [5.74, 6) is 0.515. The molecule has 0 bridgehead atoms. The third kappa shape index (κ3) is 3.28. The van der Waals surface area contributed by atoms with E-state index in [0.717, 1.165) is 9.26 Å².